The Morgan fingerprint density at radius 1 is 1.50 bits per heavy atom. The minimum atomic E-state index is -0.548. The van der Waals surface area contributed by atoms with E-state index in [4.69, 9.17) is 4.74 Å². The highest BCUT2D eigenvalue weighted by Gasteiger charge is 2.13. The van der Waals surface area contributed by atoms with Crippen LogP contribution in [0.1, 0.15) is 22.8 Å². The van der Waals surface area contributed by atoms with Crippen LogP contribution in [0.25, 0.3) is 0 Å². The number of hydrogen-bond acceptors (Lipinski definition) is 4. The van der Waals surface area contributed by atoms with Gasteiger partial charge in [0.1, 0.15) is 0 Å². The summed E-state index contributed by atoms with van der Waals surface area (Å²) in [6, 6.07) is 4.59. The highest BCUT2D eigenvalue weighted by molar-refractivity contribution is 5.81. The van der Waals surface area contributed by atoms with Crippen molar-refractivity contribution in [2.75, 3.05) is 13.2 Å². The van der Waals surface area contributed by atoms with E-state index < -0.39 is 4.92 Å². The molecule has 0 fully saturated rings. The van der Waals surface area contributed by atoms with Crippen LogP contribution in [0, 0.1) is 10.1 Å². The van der Waals surface area contributed by atoms with Crippen LogP contribution in [0.2, 0.25) is 0 Å². The number of benzene rings is 1. The van der Waals surface area contributed by atoms with Gasteiger partial charge in [-0.3, -0.25) is 14.9 Å². The second kappa shape index (κ2) is 5.97. The van der Waals surface area contributed by atoms with E-state index in [-0.39, 0.29) is 11.3 Å². The van der Waals surface area contributed by atoms with E-state index >= 15 is 0 Å². The highest BCUT2D eigenvalue weighted by atomic mass is 16.6. The molecular weight excluding hydrogens is 210 g/mol. The zero-order valence-electron chi connectivity index (χ0n) is 9.01. The molecule has 0 bridgehead atoms. The number of nitro benzene ring substituents is 1. The lowest BCUT2D eigenvalue weighted by Crippen LogP contribution is -2.00. The molecule has 0 saturated heterocycles. The normalized spacial score (nSPS) is 10.1. The summed E-state index contributed by atoms with van der Waals surface area (Å²) in [6.45, 7) is 3.03. The Morgan fingerprint density at radius 3 is 2.81 bits per heavy atom. The van der Waals surface area contributed by atoms with E-state index in [0.29, 0.717) is 25.9 Å². The van der Waals surface area contributed by atoms with Crippen LogP contribution in [0.5, 0.6) is 0 Å². The van der Waals surface area contributed by atoms with Gasteiger partial charge in [-0.15, -0.1) is 0 Å². The average Bonchev–Trinajstić information content (AvgIpc) is 2.29. The van der Waals surface area contributed by atoms with Gasteiger partial charge in [0.15, 0.2) is 6.29 Å². The average molecular weight is 223 g/mol. The third-order valence-corrected chi connectivity index (χ3v) is 2.16. The van der Waals surface area contributed by atoms with E-state index in [1.165, 1.54) is 12.1 Å². The van der Waals surface area contributed by atoms with Gasteiger partial charge in [-0.25, -0.2) is 0 Å². The van der Waals surface area contributed by atoms with Gasteiger partial charge in [0.25, 0.3) is 5.69 Å². The van der Waals surface area contributed by atoms with Gasteiger partial charge >= 0.3 is 0 Å². The maximum atomic E-state index is 10.7. The van der Waals surface area contributed by atoms with Gasteiger partial charge in [-0.05, 0) is 25.0 Å². The quantitative estimate of drug-likeness (QED) is 0.320. The van der Waals surface area contributed by atoms with Gasteiger partial charge in [-0.1, -0.05) is 6.07 Å². The Hall–Kier alpha value is -1.75. The van der Waals surface area contributed by atoms with Gasteiger partial charge < -0.3 is 4.74 Å². The summed E-state index contributed by atoms with van der Waals surface area (Å²) in [5.74, 6) is 0. The van der Waals surface area contributed by atoms with E-state index in [0.717, 1.165) is 5.56 Å². The monoisotopic (exact) mass is 223 g/mol. The minimum Gasteiger partial charge on any atom is -0.381 e. The number of ether oxygens (including phenoxy) is 1. The number of nitro groups is 1. The molecule has 5 nitrogen and oxygen atoms in total. The summed E-state index contributed by atoms with van der Waals surface area (Å²) in [7, 11) is 0. The van der Waals surface area contributed by atoms with Crippen LogP contribution in [0.15, 0.2) is 18.2 Å². The summed E-state index contributed by atoms with van der Waals surface area (Å²) < 4.78 is 5.15. The van der Waals surface area contributed by atoms with E-state index in [1.54, 1.807) is 6.07 Å². The SMILES string of the molecule is CCOCCc1ccc(C=O)c([N+](=O)[O-])c1. The van der Waals surface area contributed by atoms with E-state index in [9.17, 15) is 14.9 Å². The predicted octanol–water partition coefficient (Wildman–Crippen LogP) is 1.99. The standard InChI is InChI=1S/C11H13NO4/c1-2-16-6-5-9-3-4-10(8-13)11(7-9)12(14)15/h3-4,7-8H,2,5-6H2,1H3. The van der Waals surface area contributed by atoms with Crippen molar-refractivity contribution in [3.8, 4) is 0 Å². The minimum absolute atomic E-state index is 0.102. The first-order valence-electron chi connectivity index (χ1n) is 4.99. The highest BCUT2D eigenvalue weighted by Crippen LogP contribution is 2.18. The molecule has 16 heavy (non-hydrogen) atoms. The smallest absolute Gasteiger partial charge is 0.280 e. The summed E-state index contributed by atoms with van der Waals surface area (Å²) in [5, 5.41) is 10.7. The van der Waals surface area contributed by atoms with Crippen LogP contribution in [0.4, 0.5) is 5.69 Å². The van der Waals surface area contributed by atoms with Crippen molar-refractivity contribution in [1.29, 1.82) is 0 Å². The number of rotatable bonds is 6. The van der Waals surface area contributed by atoms with Gasteiger partial charge in [0.05, 0.1) is 17.1 Å². The van der Waals surface area contributed by atoms with Gasteiger partial charge in [0, 0.05) is 12.7 Å². The zero-order valence-corrected chi connectivity index (χ0v) is 9.01. The maximum Gasteiger partial charge on any atom is 0.280 e. The number of carbonyl (C=O) groups excluding carboxylic acids is 1. The topological polar surface area (TPSA) is 69.4 Å². The first-order valence-corrected chi connectivity index (χ1v) is 4.99. The fourth-order valence-corrected chi connectivity index (χ4v) is 1.34. The van der Waals surface area contributed by atoms with Crippen LogP contribution >= 0.6 is 0 Å². The van der Waals surface area contributed by atoms with E-state index in [1.807, 2.05) is 6.92 Å². The van der Waals surface area contributed by atoms with Crippen LogP contribution < -0.4 is 0 Å². The van der Waals surface area contributed by atoms with Crippen molar-refractivity contribution in [3.63, 3.8) is 0 Å². The van der Waals surface area contributed by atoms with Crippen molar-refractivity contribution < 1.29 is 14.5 Å². The first kappa shape index (κ1) is 12.3. The molecule has 86 valence electrons. The van der Waals surface area contributed by atoms with Crippen LogP contribution in [-0.4, -0.2) is 24.4 Å². The third kappa shape index (κ3) is 3.13. The van der Waals surface area contributed by atoms with E-state index in [2.05, 4.69) is 0 Å². The molecule has 0 saturated carbocycles. The Bertz CT molecular complexity index is 390. The molecule has 0 aliphatic rings. The molecule has 0 unspecified atom stereocenters. The molecule has 0 spiro atoms. The van der Waals surface area contributed by atoms with Crippen molar-refractivity contribution in [2.45, 2.75) is 13.3 Å². The molecule has 1 rings (SSSR count). The molecule has 0 heterocycles. The molecule has 1 aromatic carbocycles. The summed E-state index contributed by atoms with van der Waals surface area (Å²) >= 11 is 0. The van der Waals surface area contributed by atoms with Crippen LogP contribution in [0.3, 0.4) is 0 Å². The number of hydrogen-bond donors (Lipinski definition) is 0. The molecule has 1 aromatic rings. The molecule has 5 heteroatoms. The molecule has 0 aliphatic carbocycles. The molecule has 0 N–H and O–H groups in total. The second-order valence-electron chi connectivity index (χ2n) is 3.22. The lowest BCUT2D eigenvalue weighted by atomic mass is 10.1. The number of nitrogens with zero attached hydrogens (tertiary/aromatic N) is 1. The fourth-order valence-electron chi connectivity index (χ4n) is 1.34. The predicted molar refractivity (Wildman–Crippen MR) is 58.7 cm³/mol. The summed E-state index contributed by atoms with van der Waals surface area (Å²) in [4.78, 5) is 20.7. The Labute approximate surface area is 93.2 Å². The first-order chi connectivity index (χ1) is 7.69. The largest absolute Gasteiger partial charge is 0.381 e. The third-order valence-electron chi connectivity index (χ3n) is 2.16. The molecule has 0 atom stereocenters. The molecule has 0 radical (unpaired) electrons. The summed E-state index contributed by atoms with van der Waals surface area (Å²) in [5.41, 5.74) is 0.750. The van der Waals surface area contributed by atoms with Crippen molar-refractivity contribution in [3.05, 3.63) is 39.4 Å². The zero-order chi connectivity index (χ0) is 12.0. The van der Waals surface area contributed by atoms with Crippen LogP contribution in [-0.2, 0) is 11.2 Å². The lowest BCUT2D eigenvalue weighted by molar-refractivity contribution is -0.385. The van der Waals surface area contributed by atoms with Crippen molar-refractivity contribution in [2.24, 2.45) is 0 Å². The molecular formula is C11H13NO4. The molecule has 0 aliphatic heterocycles. The fraction of sp³-hybridized carbons (Fsp3) is 0.364. The Kier molecular flexibility index (Phi) is 4.60. The number of carbonyl (C=O) groups is 1. The van der Waals surface area contributed by atoms with Gasteiger partial charge in [0.2, 0.25) is 0 Å². The Morgan fingerprint density at radius 2 is 2.25 bits per heavy atom. The van der Waals surface area contributed by atoms with Gasteiger partial charge in [-0.2, -0.15) is 0 Å². The summed E-state index contributed by atoms with van der Waals surface area (Å²) in [6.07, 6.45) is 1.10. The number of aldehydes is 1. The molecule has 0 aromatic heterocycles. The van der Waals surface area contributed by atoms with Crippen molar-refractivity contribution >= 4 is 12.0 Å². The Balaban J connectivity index is 2.85. The lowest BCUT2D eigenvalue weighted by Gasteiger charge is -2.03. The second-order valence-corrected chi connectivity index (χ2v) is 3.22. The molecule has 0 amide bonds. The maximum absolute atomic E-state index is 10.7. The van der Waals surface area contributed by atoms with Crippen molar-refractivity contribution in [1.82, 2.24) is 0 Å².